The summed E-state index contributed by atoms with van der Waals surface area (Å²) in [5.41, 5.74) is 0.903. The molecule has 0 radical (unpaired) electrons. The third kappa shape index (κ3) is 3.63. The molecule has 2 atom stereocenters. The summed E-state index contributed by atoms with van der Waals surface area (Å²) >= 11 is 1.45. The predicted octanol–water partition coefficient (Wildman–Crippen LogP) is 2.50. The first-order valence-corrected chi connectivity index (χ1v) is 8.35. The van der Waals surface area contributed by atoms with Crippen LogP contribution in [0.3, 0.4) is 0 Å². The number of amides is 1. The number of aromatic nitrogens is 1. The van der Waals surface area contributed by atoms with Crippen molar-refractivity contribution in [2.45, 2.75) is 38.5 Å². The molecule has 0 saturated carbocycles. The molecule has 1 amide bonds. The lowest BCUT2D eigenvalue weighted by atomic mass is 10.2. The topological polar surface area (TPSA) is 60.5 Å². The fraction of sp³-hybridized carbons (Fsp3) is 0.500. The van der Waals surface area contributed by atoms with Gasteiger partial charge < -0.3 is 14.8 Å². The van der Waals surface area contributed by atoms with Gasteiger partial charge in [0.1, 0.15) is 6.10 Å². The zero-order valence-electron chi connectivity index (χ0n) is 12.6. The Morgan fingerprint density at radius 1 is 1.55 bits per heavy atom. The molecular formula is C16H20N2O3S. The van der Waals surface area contributed by atoms with E-state index < -0.39 is 6.10 Å². The number of rotatable bonds is 6. The standard InChI is InChI=1S/C16H20N2O3S/c1-11(21-10-12-5-4-8-20-12)16(19)17-9-14-13-6-2-3-7-15(13)22-18-14/h2-3,6-7,11-12H,4-5,8-10H2,1H3,(H,17,19). The van der Waals surface area contributed by atoms with Crippen LogP contribution in [0.4, 0.5) is 0 Å². The van der Waals surface area contributed by atoms with E-state index in [-0.39, 0.29) is 12.0 Å². The van der Waals surface area contributed by atoms with Gasteiger partial charge in [-0.25, -0.2) is 0 Å². The van der Waals surface area contributed by atoms with E-state index in [0.29, 0.717) is 13.2 Å². The van der Waals surface area contributed by atoms with Crippen LogP contribution in [0.2, 0.25) is 0 Å². The molecule has 2 heterocycles. The molecule has 1 aliphatic heterocycles. The molecular weight excluding hydrogens is 300 g/mol. The second-order valence-corrected chi connectivity index (χ2v) is 6.26. The van der Waals surface area contributed by atoms with Gasteiger partial charge in [0.05, 0.1) is 29.6 Å². The second kappa shape index (κ2) is 7.17. The third-order valence-electron chi connectivity index (χ3n) is 3.81. The molecule has 0 spiro atoms. The summed E-state index contributed by atoms with van der Waals surface area (Å²) in [5.74, 6) is -0.116. The van der Waals surface area contributed by atoms with Crippen LogP contribution in [0.25, 0.3) is 10.1 Å². The quantitative estimate of drug-likeness (QED) is 0.888. The van der Waals surface area contributed by atoms with E-state index in [9.17, 15) is 4.79 Å². The molecule has 3 rings (SSSR count). The number of fused-ring (bicyclic) bond motifs is 1. The molecule has 1 aromatic carbocycles. The van der Waals surface area contributed by atoms with Gasteiger partial charge in [-0.3, -0.25) is 4.79 Å². The number of hydrogen-bond donors (Lipinski definition) is 1. The van der Waals surface area contributed by atoms with E-state index in [2.05, 4.69) is 9.69 Å². The molecule has 6 heteroatoms. The summed E-state index contributed by atoms with van der Waals surface area (Å²) in [6.45, 7) is 3.47. The maximum atomic E-state index is 12.1. The monoisotopic (exact) mass is 320 g/mol. The minimum Gasteiger partial charge on any atom is -0.376 e. The predicted molar refractivity (Wildman–Crippen MR) is 85.9 cm³/mol. The molecule has 1 N–H and O–H groups in total. The van der Waals surface area contributed by atoms with E-state index >= 15 is 0 Å². The van der Waals surface area contributed by atoms with Crippen molar-refractivity contribution in [3.8, 4) is 0 Å². The highest BCUT2D eigenvalue weighted by molar-refractivity contribution is 7.13. The van der Waals surface area contributed by atoms with Crippen LogP contribution in [0, 0.1) is 0 Å². The van der Waals surface area contributed by atoms with Crippen molar-refractivity contribution in [2.24, 2.45) is 0 Å². The lowest BCUT2D eigenvalue weighted by Crippen LogP contribution is -2.35. The fourth-order valence-corrected chi connectivity index (χ4v) is 3.28. The molecule has 1 saturated heterocycles. The van der Waals surface area contributed by atoms with Crippen molar-refractivity contribution in [3.05, 3.63) is 30.0 Å². The normalized spacial score (nSPS) is 19.4. The van der Waals surface area contributed by atoms with Crippen LogP contribution in [0.5, 0.6) is 0 Å². The molecule has 1 aromatic heterocycles. The van der Waals surface area contributed by atoms with Crippen LogP contribution in [-0.4, -0.2) is 35.7 Å². The summed E-state index contributed by atoms with van der Waals surface area (Å²) in [7, 11) is 0. The molecule has 1 fully saturated rings. The Morgan fingerprint density at radius 2 is 2.41 bits per heavy atom. The molecule has 0 bridgehead atoms. The van der Waals surface area contributed by atoms with Gasteiger partial charge in [-0.15, -0.1) is 0 Å². The van der Waals surface area contributed by atoms with Gasteiger partial charge in [-0.05, 0) is 37.4 Å². The van der Waals surface area contributed by atoms with Crippen molar-refractivity contribution < 1.29 is 14.3 Å². The summed E-state index contributed by atoms with van der Waals surface area (Å²) < 4.78 is 16.6. The minimum absolute atomic E-state index is 0.116. The summed E-state index contributed by atoms with van der Waals surface area (Å²) in [6, 6.07) is 8.03. The average molecular weight is 320 g/mol. The largest absolute Gasteiger partial charge is 0.376 e. The van der Waals surface area contributed by atoms with E-state index in [0.717, 1.165) is 35.2 Å². The number of carbonyl (C=O) groups is 1. The Balaban J connectivity index is 1.48. The molecule has 5 nitrogen and oxygen atoms in total. The number of ether oxygens (including phenoxy) is 2. The van der Waals surface area contributed by atoms with Crippen molar-refractivity contribution in [1.82, 2.24) is 9.69 Å². The Bertz CT molecular complexity index is 637. The van der Waals surface area contributed by atoms with E-state index in [1.807, 2.05) is 24.3 Å². The van der Waals surface area contributed by atoms with Crippen LogP contribution in [0.1, 0.15) is 25.5 Å². The first-order chi connectivity index (χ1) is 10.7. The van der Waals surface area contributed by atoms with E-state index in [1.54, 1.807) is 6.92 Å². The number of nitrogens with zero attached hydrogens (tertiary/aromatic N) is 1. The third-order valence-corrected chi connectivity index (χ3v) is 4.67. The van der Waals surface area contributed by atoms with Crippen molar-refractivity contribution >= 4 is 27.5 Å². The zero-order chi connectivity index (χ0) is 15.4. The van der Waals surface area contributed by atoms with Crippen LogP contribution < -0.4 is 5.32 Å². The molecule has 22 heavy (non-hydrogen) atoms. The van der Waals surface area contributed by atoms with Gasteiger partial charge in [0.15, 0.2) is 0 Å². The first kappa shape index (κ1) is 15.4. The number of carbonyl (C=O) groups excluding carboxylic acids is 1. The van der Waals surface area contributed by atoms with Crippen molar-refractivity contribution in [2.75, 3.05) is 13.2 Å². The summed E-state index contributed by atoms with van der Waals surface area (Å²) in [5, 5.41) is 3.99. The SMILES string of the molecule is CC(OCC1CCCO1)C(=O)NCc1nsc2ccccc12. The molecule has 118 valence electrons. The van der Waals surface area contributed by atoms with E-state index in [4.69, 9.17) is 9.47 Å². The average Bonchev–Trinajstić information content (AvgIpc) is 3.20. The van der Waals surface area contributed by atoms with E-state index in [1.165, 1.54) is 11.5 Å². The molecule has 1 aliphatic rings. The molecule has 0 aliphatic carbocycles. The lowest BCUT2D eigenvalue weighted by molar-refractivity contribution is -0.133. The maximum absolute atomic E-state index is 12.1. The minimum atomic E-state index is -0.478. The van der Waals surface area contributed by atoms with Gasteiger partial charge in [-0.2, -0.15) is 4.37 Å². The molecule has 2 aromatic rings. The highest BCUT2D eigenvalue weighted by Gasteiger charge is 2.20. The Morgan fingerprint density at radius 3 is 3.23 bits per heavy atom. The van der Waals surface area contributed by atoms with Crippen molar-refractivity contribution in [1.29, 1.82) is 0 Å². The Kier molecular flexibility index (Phi) is 5.02. The van der Waals surface area contributed by atoms with Gasteiger partial charge in [-0.1, -0.05) is 18.2 Å². The van der Waals surface area contributed by atoms with Crippen LogP contribution in [0.15, 0.2) is 24.3 Å². The molecule has 2 unspecified atom stereocenters. The van der Waals surface area contributed by atoms with Gasteiger partial charge >= 0.3 is 0 Å². The Hall–Kier alpha value is -1.50. The first-order valence-electron chi connectivity index (χ1n) is 7.58. The number of nitrogens with one attached hydrogen (secondary N) is 1. The lowest BCUT2D eigenvalue weighted by Gasteiger charge is -2.15. The van der Waals surface area contributed by atoms with Crippen LogP contribution >= 0.6 is 11.5 Å². The zero-order valence-corrected chi connectivity index (χ0v) is 13.4. The second-order valence-electron chi connectivity index (χ2n) is 5.45. The summed E-state index contributed by atoms with van der Waals surface area (Å²) in [6.07, 6.45) is 1.75. The fourth-order valence-electron chi connectivity index (χ4n) is 2.48. The Labute approximate surface area is 133 Å². The maximum Gasteiger partial charge on any atom is 0.249 e. The smallest absolute Gasteiger partial charge is 0.249 e. The number of hydrogen-bond acceptors (Lipinski definition) is 5. The number of benzene rings is 1. The van der Waals surface area contributed by atoms with Gasteiger partial charge in [0.2, 0.25) is 5.91 Å². The van der Waals surface area contributed by atoms with Gasteiger partial charge in [0.25, 0.3) is 0 Å². The van der Waals surface area contributed by atoms with Gasteiger partial charge in [0, 0.05) is 12.0 Å². The van der Waals surface area contributed by atoms with Crippen molar-refractivity contribution in [3.63, 3.8) is 0 Å². The highest BCUT2D eigenvalue weighted by atomic mass is 32.1. The summed E-state index contributed by atoms with van der Waals surface area (Å²) in [4.78, 5) is 12.1. The highest BCUT2D eigenvalue weighted by Crippen LogP contribution is 2.22. The van der Waals surface area contributed by atoms with Crippen LogP contribution in [-0.2, 0) is 20.8 Å².